The lowest BCUT2D eigenvalue weighted by molar-refractivity contribution is 0.0963. The highest BCUT2D eigenvalue weighted by Crippen LogP contribution is 2.06. The van der Waals surface area contributed by atoms with Crippen molar-refractivity contribution in [3.05, 3.63) is 35.4 Å². The number of hydrogen-bond acceptors (Lipinski definition) is 2. The van der Waals surface area contributed by atoms with Crippen molar-refractivity contribution < 1.29 is 4.79 Å². The number of nitrogens with zero attached hydrogens (tertiary/aromatic N) is 1. The van der Waals surface area contributed by atoms with Crippen LogP contribution in [0.2, 0.25) is 0 Å². The Morgan fingerprint density at radius 3 is 2.20 bits per heavy atom. The Kier molecular flexibility index (Phi) is 11.2. The van der Waals surface area contributed by atoms with Gasteiger partial charge in [-0.15, -0.1) is 0 Å². The molecule has 0 saturated carbocycles. The van der Waals surface area contributed by atoms with Crippen molar-refractivity contribution in [1.82, 2.24) is 16.0 Å². The number of rotatable bonds is 11. The van der Waals surface area contributed by atoms with Gasteiger partial charge in [0.1, 0.15) is 0 Å². The molecule has 1 aromatic carbocycles. The van der Waals surface area contributed by atoms with Gasteiger partial charge in [-0.05, 0) is 24.1 Å². The van der Waals surface area contributed by atoms with Gasteiger partial charge in [0.15, 0.2) is 5.96 Å². The lowest BCUT2D eigenvalue weighted by atomic mass is 10.1. The molecule has 25 heavy (non-hydrogen) atoms. The molecule has 0 unspecified atom stereocenters. The molecule has 0 bridgehead atoms. The van der Waals surface area contributed by atoms with Gasteiger partial charge in [0.25, 0.3) is 5.91 Å². The summed E-state index contributed by atoms with van der Waals surface area (Å²) < 4.78 is 0. The summed E-state index contributed by atoms with van der Waals surface area (Å²) in [4.78, 5) is 15.8. The van der Waals surface area contributed by atoms with E-state index in [1.165, 1.54) is 44.9 Å². The molecular formula is C20H34N4O. The third kappa shape index (κ3) is 9.13. The van der Waals surface area contributed by atoms with Crippen LogP contribution >= 0.6 is 0 Å². The molecule has 0 atom stereocenters. The molecule has 140 valence electrons. The molecule has 1 aromatic rings. The van der Waals surface area contributed by atoms with Crippen LogP contribution in [-0.2, 0) is 6.54 Å². The van der Waals surface area contributed by atoms with Gasteiger partial charge in [0, 0.05) is 32.7 Å². The standard InChI is InChI=1S/C20H34N4O/c1-4-5-6-7-8-9-10-15-23-20(22-3)24-16-17-11-13-18(14-12-17)19(25)21-2/h11-14H,4-10,15-16H2,1-3H3,(H,21,25)(H2,22,23,24). The van der Waals surface area contributed by atoms with Gasteiger partial charge < -0.3 is 16.0 Å². The summed E-state index contributed by atoms with van der Waals surface area (Å²) in [6.45, 7) is 3.88. The Labute approximate surface area is 152 Å². The fourth-order valence-electron chi connectivity index (χ4n) is 2.61. The van der Waals surface area contributed by atoms with Gasteiger partial charge in [-0.2, -0.15) is 0 Å². The van der Waals surface area contributed by atoms with E-state index in [2.05, 4.69) is 27.9 Å². The Hall–Kier alpha value is -2.04. The van der Waals surface area contributed by atoms with Gasteiger partial charge in [-0.3, -0.25) is 9.79 Å². The Morgan fingerprint density at radius 1 is 0.960 bits per heavy atom. The third-order valence-corrected chi connectivity index (χ3v) is 4.20. The molecule has 0 spiro atoms. The SMILES string of the molecule is CCCCCCCCCNC(=NC)NCc1ccc(C(=O)NC)cc1. The van der Waals surface area contributed by atoms with E-state index in [0.29, 0.717) is 12.1 Å². The van der Waals surface area contributed by atoms with Crippen molar-refractivity contribution in [3.63, 3.8) is 0 Å². The van der Waals surface area contributed by atoms with E-state index >= 15 is 0 Å². The largest absolute Gasteiger partial charge is 0.356 e. The van der Waals surface area contributed by atoms with E-state index in [1.807, 2.05) is 24.3 Å². The highest BCUT2D eigenvalue weighted by molar-refractivity contribution is 5.93. The maximum atomic E-state index is 11.5. The maximum Gasteiger partial charge on any atom is 0.251 e. The fraction of sp³-hybridized carbons (Fsp3) is 0.600. The summed E-state index contributed by atoms with van der Waals surface area (Å²) >= 11 is 0. The summed E-state index contributed by atoms with van der Waals surface area (Å²) in [6, 6.07) is 7.59. The number of carbonyl (C=O) groups is 1. The first-order valence-corrected chi connectivity index (χ1v) is 9.46. The third-order valence-electron chi connectivity index (χ3n) is 4.20. The van der Waals surface area contributed by atoms with Crippen molar-refractivity contribution >= 4 is 11.9 Å². The van der Waals surface area contributed by atoms with Crippen molar-refractivity contribution in [1.29, 1.82) is 0 Å². The predicted octanol–water partition coefficient (Wildman–Crippen LogP) is 3.46. The second-order valence-electron chi connectivity index (χ2n) is 6.25. The second kappa shape index (κ2) is 13.3. The van der Waals surface area contributed by atoms with Crippen LogP contribution in [0.1, 0.15) is 67.8 Å². The van der Waals surface area contributed by atoms with E-state index in [-0.39, 0.29) is 5.91 Å². The van der Waals surface area contributed by atoms with Crippen LogP contribution in [0.5, 0.6) is 0 Å². The lowest BCUT2D eigenvalue weighted by Crippen LogP contribution is -2.37. The first-order chi connectivity index (χ1) is 12.2. The number of nitrogens with one attached hydrogen (secondary N) is 3. The first kappa shape index (κ1) is 21.0. The van der Waals surface area contributed by atoms with Crippen LogP contribution in [0.4, 0.5) is 0 Å². The molecule has 0 aliphatic rings. The molecule has 0 aromatic heterocycles. The zero-order valence-corrected chi connectivity index (χ0v) is 16.0. The molecule has 5 heteroatoms. The molecule has 0 fully saturated rings. The summed E-state index contributed by atoms with van der Waals surface area (Å²) in [7, 11) is 3.42. The average Bonchev–Trinajstić information content (AvgIpc) is 2.66. The van der Waals surface area contributed by atoms with Crippen LogP contribution in [0, 0.1) is 0 Å². The van der Waals surface area contributed by atoms with E-state index in [0.717, 1.165) is 18.1 Å². The Balaban J connectivity index is 2.20. The van der Waals surface area contributed by atoms with Gasteiger partial charge >= 0.3 is 0 Å². The number of amides is 1. The highest BCUT2D eigenvalue weighted by Gasteiger charge is 2.03. The summed E-state index contributed by atoms with van der Waals surface area (Å²) in [5, 5.41) is 9.28. The molecular weight excluding hydrogens is 312 g/mol. The van der Waals surface area contributed by atoms with E-state index < -0.39 is 0 Å². The molecule has 1 rings (SSSR count). The zero-order valence-electron chi connectivity index (χ0n) is 16.0. The molecule has 0 heterocycles. The molecule has 0 radical (unpaired) electrons. The second-order valence-corrected chi connectivity index (χ2v) is 6.25. The molecule has 0 aliphatic heterocycles. The van der Waals surface area contributed by atoms with Gasteiger partial charge in [0.2, 0.25) is 0 Å². The molecule has 0 aliphatic carbocycles. The summed E-state index contributed by atoms with van der Waals surface area (Å²) in [5.74, 6) is 0.757. The predicted molar refractivity (Wildman–Crippen MR) is 106 cm³/mol. The number of guanidine groups is 1. The van der Waals surface area contributed by atoms with Crippen LogP contribution < -0.4 is 16.0 Å². The minimum absolute atomic E-state index is 0.0633. The number of hydrogen-bond donors (Lipinski definition) is 3. The normalized spacial score (nSPS) is 11.2. The number of unbranched alkanes of at least 4 members (excludes halogenated alkanes) is 6. The van der Waals surface area contributed by atoms with Crippen molar-refractivity contribution in [2.75, 3.05) is 20.6 Å². The van der Waals surface area contributed by atoms with Crippen LogP contribution in [0.3, 0.4) is 0 Å². The lowest BCUT2D eigenvalue weighted by Gasteiger charge is -2.12. The first-order valence-electron chi connectivity index (χ1n) is 9.46. The van der Waals surface area contributed by atoms with E-state index in [4.69, 9.17) is 0 Å². The zero-order chi connectivity index (χ0) is 18.3. The minimum Gasteiger partial charge on any atom is -0.356 e. The van der Waals surface area contributed by atoms with Crippen LogP contribution in [0.25, 0.3) is 0 Å². The van der Waals surface area contributed by atoms with Crippen molar-refractivity contribution in [3.8, 4) is 0 Å². The summed E-state index contributed by atoms with van der Waals surface area (Å²) in [5.41, 5.74) is 1.79. The highest BCUT2D eigenvalue weighted by atomic mass is 16.1. The molecule has 0 saturated heterocycles. The van der Waals surface area contributed by atoms with E-state index in [1.54, 1.807) is 14.1 Å². The number of carbonyl (C=O) groups excluding carboxylic acids is 1. The number of benzene rings is 1. The van der Waals surface area contributed by atoms with Gasteiger partial charge in [0.05, 0.1) is 0 Å². The summed E-state index contributed by atoms with van der Waals surface area (Å²) in [6.07, 6.45) is 9.16. The topological polar surface area (TPSA) is 65.5 Å². The van der Waals surface area contributed by atoms with Crippen molar-refractivity contribution in [2.24, 2.45) is 4.99 Å². The monoisotopic (exact) mass is 346 g/mol. The van der Waals surface area contributed by atoms with Gasteiger partial charge in [-0.25, -0.2) is 0 Å². The Morgan fingerprint density at radius 2 is 1.60 bits per heavy atom. The van der Waals surface area contributed by atoms with Crippen LogP contribution in [0.15, 0.2) is 29.3 Å². The quantitative estimate of drug-likeness (QED) is 0.327. The average molecular weight is 347 g/mol. The molecule has 5 nitrogen and oxygen atoms in total. The molecule has 3 N–H and O–H groups in total. The Bertz CT molecular complexity index is 511. The van der Waals surface area contributed by atoms with E-state index in [9.17, 15) is 4.79 Å². The minimum atomic E-state index is -0.0633. The van der Waals surface area contributed by atoms with Crippen LogP contribution in [-0.4, -0.2) is 32.5 Å². The maximum absolute atomic E-state index is 11.5. The van der Waals surface area contributed by atoms with Gasteiger partial charge in [-0.1, -0.05) is 57.6 Å². The van der Waals surface area contributed by atoms with Crippen molar-refractivity contribution in [2.45, 2.75) is 58.4 Å². The fourth-order valence-corrected chi connectivity index (χ4v) is 2.61. The smallest absolute Gasteiger partial charge is 0.251 e. The molecule has 1 amide bonds. The number of aliphatic imine (C=N–C) groups is 1.